The Kier molecular flexibility index (Phi) is 4.94. The zero-order valence-electron chi connectivity index (χ0n) is 10.3. The number of amides is 1. The van der Waals surface area contributed by atoms with Gasteiger partial charge in [0.15, 0.2) is 0 Å². The van der Waals surface area contributed by atoms with Crippen molar-refractivity contribution in [2.75, 3.05) is 5.88 Å². The van der Waals surface area contributed by atoms with Gasteiger partial charge in [-0.2, -0.15) is 0 Å². The van der Waals surface area contributed by atoms with Gasteiger partial charge in [0.05, 0.1) is 0 Å². The summed E-state index contributed by atoms with van der Waals surface area (Å²) in [6, 6.07) is 4.07. The summed E-state index contributed by atoms with van der Waals surface area (Å²) < 4.78 is 13.1. The number of rotatable bonds is 4. The molecule has 0 saturated carbocycles. The molecule has 0 aliphatic heterocycles. The second-order valence-electron chi connectivity index (χ2n) is 4.44. The van der Waals surface area contributed by atoms with E-state index in [9.17, 15) is 9.18 Å². The number of halogens is 2. The van der Waals surface area contributed by atoms with E-state index in [2.05, 4.69) is 5.32 Å². The third kappa shape index (κ3) is 3.70. The van der Waals surface area contributed by atoms with Crippen LogP contribution in [0.25, 0.3) is 0 Å². The van der Waals surface area contributed by atoms with Crippen LogP contribution in [0.15, 0.2) is 18.2 Å². The molecule has 94 valence electrons. The molecule has 2 nitrogen and oxygen atoms in total. The highest BCUT2D eigenvalue weighted by Gasteiger charge is 2.17. The van der Waals surface area contributed by atoms with Gasteiger partial charge in [0, 0.05) is 17.5 Å². The number of aryl methyl sites for hydroxylation is 1. The molecule has 0 spiro atoms. The van der Waals surface area contributed by atoms with Crippen LogP contribution in [0.1, 0.15) is 29.8 Å². The van der Waals surface area contributed by atoms with Crippen LogP contribution >= 0.6 is 11.6 Å². The van der Waals surface area contributed by atoms with Crippen molar-refractivity contribution in [1.29, 1.82) is 0 Å². The predicted molar refractivity (Wildman–Crippen MR) is 67.9 cm³/mol. The molecule has 0 aliphatic carbocycles. The molecule has 1 aromatic carbocycles. The smallest absolute Gasteiger partial charge is 0.251 e. The molecule has 0 aliphatic rings. The van der Waals surface area contributed by atoms with Crippen molar-refractivity contribution in [3.8, 4) is 0 Å². The van der Waals surface area contributed by atoms with Gasteiger partial charge in [0.25, 0.3) is 5.91 Å². The summed E-state index contributed by atoms with van der Waals surface area (Å²) in [5, 5.41) is 2.81. The van der Waals surface area contributed by atoms with E-state index in [0.29, 0.717) is 11.4 Å². The largest absolute Gasteiger partial charge is 0.348 e. The topological polar surface area (TPSA) is 29.1 Å². The van der Waals surface area contributed by atoms with Gasteiger partial charge in [-0.25, -0.2) is 4.39 Å². The first-order chi connectivity index (χ1) is 7.95. The van der Waals surface area contributed by atoms with Crippen LogP contribution in [0, 0.1) is 18.7 Å². The Hall–Kier alpha value is -1.09. The fraction of sp³-hybridized carbons (Fsp3) is 0.462. The van der Waals surface area contributed by atoms with Gasteiger partial charge in [-0.15, -0.1) is 11.6 Å². The lowest BCUT2D eigenvalue weighted by molar-refractivity contribution is 0.0930. The third-order valence-electron chi connectivity index (χ3n) is 2.73. The van der Waals surface area contributed by atoms with Crippen molar-refractivity contribution in [2.45, 2.75) is 26.8 Å². The third-order valence-corrected chi connectivity index (χ3v) is 3.06. The quantitative estimate of drug-likeness (QED) is 0.825. The van der Waals surface area contributed by atoms with E-state index in [0.717, 1.165) is 5.56 Å². The van der Waals surface area contributed by atoms with E-state index < -0.39 is 5.82 Å². The maximum atomic E-state index is 13.1. The Labute approximate surface area is 106 Å². The van der Waals surface area contributed by atoms with E-state index in [-0.39, 0.29) is 17.9 Å². The number of carbonyl (C=O) groups excluding carboxylic acids is 1. The van der Waals surface area contributed by atoms with Gasteiger partial charge < -0.3 is 5.32 Å². The van der Waals surface area contributed by atoms with Crippen molar-refractivity contribution >= 4 is 17.5 Å². The van der Waals surface area contributed by atoms with Crippen molar-refractivity contribution < 1.29 is 9.18 Å². The molecule has 1 atom stereocenters. The summed E-state index contributed by atoms with van der Waals surface area (Å²) >= 11 is 5.78. The van der Waals surface area contributed by atoms with Crippen LogP contribution in [-0.4, -0.2) is 17.8 Å². The lowest BCUT2D eigenvalue weighted by Gasteiger charge is -2.20. The zero-order valence-corrected chi connectivity index (χ0v) is 11.0. The Bertz CT molecular complexity index is 406. The van der Waals surface area contributed by atoms with Crippen LogP contribution < -0.4 is 5.32 Å². The van der Waals surface area contributed by atoms with Crippen molar-refractivity contribution in [2.24, 2.45) is 5.92 Å². The number of hydrogen-bond acceptors (Lipinski definition) is 1. The summed E-state index contributed by atoms with van der Waals surface area (Å²) in [5.74, 6) is -0.100. The van der Waals surface area contributed by atoms with Crippen LogP contribution in [0.3, 0.4) is 0 Å². The fourth-order valence-electron chi connectivity index (χ4n) is 1.47. The van der Waals surface area contributed by atoms with Gasteiger partial charge >= 0.3 is 0 Å². The first-order valence-corrected chi connectivity index (χ1v) is 6.12. The normalized spacial score (nSPS) is 12.6. The van der Waals surface area contributed by atoms with E-state index in [1.54, 1.807) is 13.0 Å². The maximum absolute atomic E-state index is 13.1. The van der Waals surface area contributed by atoms with Gasteiger partial charge in [0.1, 0.15) is 5.82 Å². The van der Waals surface area contributed by atoms with Crippen molar-refractivity contribution in [3.63, 3.8) is 0 Å². The highest BCUT2D eigenvalue weighted by Crippen LogP contribution is 2.12. The van der Waals surface area contributed by atoms with Gasteiger partial charge in [0.2, 0.25) is 0 Å². The summed E-state index contributed by atoms with van der Waals surface area (Å²) in [6.07, 6.45) is 0. The van der Waals surface area contributed by atoms with E-state index >= 15 is 0 Å². The first kappa shape index (κ1) is 14.0. The molecule has 17 heavy (non-hydrogen) atoms. The molecule has 0 aromatic heterocycles. The lowest BCUT2D eigenvalue weighted by atomic mass is 10.0. The maximum Gasteiger partial charge on any atom is 0.251 e. The molecule has 1 rings (SSSR count). The van der Waals surface area contributed by atoms with Crippen molar-refractivity contribution in [1.82, 2.24) is 5.32 Å². The molecular weight excluding hydrogens is 241 g/mol. The number of nitrogens with one attached hydrogen (secondary N) is 1. The molecule has 0 fully saturated rings. The highest BCUT2D eigenvalue weighted by atomic mass is 35.5. The molecule has 0 saturated heterocycles. The minimum Gasteiger partial charge on any atom is -0.348 e. The number of hydrogen-bond donors (Lipinski definition) is 1. The van der Waals surface area contributed by atoms with Crippen LogP contribution in [-0.2, 0) is 0 Å². The molecule has 0 heterocycles. The molecule has 0 bridgehead atoms. The number of alkyl halides is 1. The molecule has 1 N–H and O–H groups in total. The molecule has 0 radical (unpaired) electrons. The second-order valence-corrected chi connectivity index (χ2v) is 4.75. The summed E-state index contributed by atoms with van der Waals surface area (Å²) in [6.45, 7) is 5.73. The average molecular weight is 258 g/mol. The molecule has 1 amide bonds. The minimum absolute atomic E-state index is 0.105. The van der Waals surface area contributed by atoms with Crippen LogP contribution in [0.4, 0.5) is 4.39 Å². The zero-order chi connectivity index (χ0) is 13.0. The molecule has 1 unspecified atom stereocenters. The Morgan fingerprint density at radius 1 is 1.47 bits per heavy atom. The van der Waals surface area contributed by atoms with Crippen LogP contribution in [0.2, 0.25) is 0 Å². The van der Waals surface area contributed by atoms with E-state index in [1.807, 2.05) is 13.8 Å². The van der Waals surface area contributed by atoms with Gasteiger partial charge in [-0.3, -0.25) is 4.79 Å². The van der Waals surface area contributed by atoms with E-state index in [4.69, 9.17) is 11.6 Å². The Morgan fingerprint density at radius 3 is 2.65 bits per heavy atom. The summed E-state index contributed by atoms with van der Waals surface area (Å²) in [7, 11) is 0. The molecule has 1 aromatic rings. The summed E-state index contributed by atoms with van der Waals surface area (Å²) in [5.41, 5.74) is 1.11. The van der Waals surface area contributed by atoms with Crippen LogP contribution in [0.5, 0.6) is 0 Å². The Morgan fingerprint density at radius 2 is 2.12 bits per heavy atom. The standard InChI is InChI=1S/C13H17ClFNO/c1-8(2)12(7-14)16-13(17)11-6-10(15)5-4-9(11)3/h4-6,8,12H,7H2,1-3H3,(H,16,17). The molecule has 4 heteroatoms. The van der Waals surface area contributed by atoms with Gasteiger partial charge in [-0.1, -0.05) is 19.9 Å². The van der Waals surface area contributed by atoms with Gasteiger partial charge in [-0.05, 0) is 30.5 Å². The average Bonchev–Trinajstić information content (AvgIpc) is 2.28. The van der Waals surface area contributed by atoms with Crippen molar-refractivity contribution in [3.05, 3.63) is 35.1 Å². The highest BCUT2D eigenvalue weighted by molar-refractivity contribution is 6.18. The fourth-order valence-corrected chi connectivity index (χ4v) is 1.90. The minimum atomic E-state index is -0.410. The number of benzene rings is 1. The van der Waals surface area contributed by atoms with E-state index in [1.165, 1.54) is 12.1 Å². The molecular formula is C13H17ClFNO. The first-order valence-electron chi connectivity index (χ1n) is 5.58. The number of carbonyl (C=O) groups is 1. The summed E-state index contributed by atoms with van der Waals surface area (Å²) in [4.78, 5) is 12.0. The predicted octanol–water partition coefficient (Wildman–Crippen LogP) is 3.13. The Balaban J connectivity index is 2.86. The lowest BCUT2D eigenvalue weighted by Crippen LogP contribution is -2.40. The monoisotopic (exact) mass is 257 g/mol. The second kappa shape index (κ2) is 6.01. The SMILES string of the molecule is Cc1ccc(F)cc1C(=O)NC(CCl)C(C)C.